The number of carbonyl (C=O) groups excluding carboxylic acids is 3. The van der Waals surface area contributed by atoms with E-state index in [1.54, 1.807) is 50.5 Å². The van der Waals surface area contributed by atoms with Gasteiger partial charge in [-0.15, -0.1) is 0 Å². The van der Waals surface area contributed by atoms with Crippen molar-refractivity contribution in [3.8, 4) is 17.2 Å². The highest BCUT2D eigenvalue weighted by Gasteiger charge is 2.72. The Kier molecular flexibility index (Phi) is 8.05. The second-order valence-electron chi connectivity index (χ2n) is 11.7. The summed E-state index contributed by atoms with van der Waals surface area (Å²) in [6, 6.07) is 11.9. The molecule has 4 aliphatic rings. The number of anilines is 1. The number of carbonyl (C=O) groups is 3. The monoisotopic (exact) mass is 589 g/mol. The van der Waals surface area contributed by atoms with Crippen LogP contribution in [0.4, 0.5) is 5.69 Å². The van der Waals surface area contributed by atoms with Crippen LogP contribution in [-0.2, 0) is 25.5 Å². The molecule has 0 radical (unpaired) electrons. The summed E-state index contributed by atoms with van der Waals surface area (Å²) in [4.78, 5) is 43.7. The number of methoxy groups -OCH3 is 3. The average Bonchev–Trinajstić information content (AvgIpc) is 3.67. The highest BCUT2D eigenvalue weighted by atomic mass is 16.5. The SMILES string of the molecule is COc1cccc(NC(=O)[C@@H]2[C@@H]3C=C[C@]4(O3)[C@@H]2C(=O)N(CCc2ccc(OC)c(OC)c2)[C@H]4C(=O)NC2CCCCC2)c1. The number of amides is 3. The van der Waals surface area contributed by atoms with E-state index in [1.807, 2.05) is 30.4 Å². The molecule has 10 heteroatoms. The van der Waals surface area contributed by atoms with Gasteiger partial charge < -0.3 is 34.5 Å². The first-order chi connectivity index (χ1) is 20.9. The van der Waals surface area contributed by atoms with Gasteiger partial charge in [0.25, 0.3) is 0 Å². The number of hydrogen-bond donors (Lipinski definition) is 2. The van der Waals surface area contributed by atoms with E-state index in [2.05, 4.69) is 10.6 Å². The molecule has 1 saturated carbocycles. The summed E-state index contributed by atoms with van der Waals surface area (Å²) in [5.74, 6) is -0.584. The largest absolute Gasteiger partial charge is 0.497 e. The summed E-state index contributed by atoms with van der Waals surface area (Å²) < 4.78 is 22.6. The lowest BCUT2D eigenvalue weighted by molar-refractivity contribution is -0.141. The molecule has 3 amide bonds. The van der Waals surface area contributed by atoms with Crippen molar-refractivity contribution in [3.05, 3.63) is 60.2 Å². The van der Waals surface area contributed by atoms with Gasteiger partial charge in [-0.05, 0) is 49.1 Å². The molecule has 43 heavy (non-hydrogen) atoms. The van der Waals surface area contributed by atoms with E-state index in [4.69, 9.17) is 18.9 Å². The minimum absolute atomic E-state index is 0.0641. The van der Waals surface area contributed by atoms with Crippen LogP contribution in [0.3, 0.4) is 0 Å². The summed E-state index contributed by atoms with van der Waals surface area (Å²) in [6.07, 6.45) is 8.68. The third kappa shape index (κ3) is 5.22. The fourth-order valence-electron chi connectivity index (χ4n) is 7.25. The molecule has 3 aliphatic heterocycles. The number of benzene rings is 2. The molecule has 3 fully saturated rings. The van der Waals surface area contributed by atoms with Gasteiger partial charge in [-0.25, -0.2) is 0 Å². The van der Waals surface area contributed by atoms with E-state index in [1.165, 1.54) is 0 Å². The Morgan fingerprint density at radius 1 is 0.977 bits per heavy atom. The summed E-state index contributed by atoms with van der Waals surface area (Å²) >= 11 is 0. The third-order valence-electron chi connectivity index (χ3n) is 9.30. The molecule has 2 saturated heterocycles. The molecule has 2 bridgehead atoms. The molecule has 2 aromatic carbocycles. The van der Waals surface area contributed by atoms with E-state index in [0.29, 0.717) is 29.4 Å². The maximum Gasteiger partial charge on any atom is 0.246 e. The van der Waals surface area contributed by atoms with Gasteiger partial charge in [0.2, 0.25) is 17.7 Å². The number of rotatable bonds is 10. The minimum Gasteiger partial charge on any atom is -0.497 e. The first-order valence-corrected chi connectivity index (χ1v) is 15.0. The second-order valence-corrected chi connectivity index (χ2v) is 11.7. The Morgan fingerprint density at radius 2 is 1.77 bits per heavy atom. The topological polar surface area (TPSA) is 115 Å². The van der Waals surface area contributed by atoms with Gasteiger partial charge in [0.05, 0.1) is 39.3 Å². The minimum atomic E-state index is -1.21. The Balaban J connectivity index is 1.28. The normalized spacial score (nSPS) is 27.6. The molecule has 1 aliphatic carbocycles. The van der Waals surface area contributed by atoms with Crippen LogP contribution in [0.2, 0.25) is 0 Å². The maximum absolute atomic E-state index is 14.3. The Bertz CT molecular complexity index is 1420. The van der Waals surface area contributed by atoms with E-state index in [9.17, 15) is 14.4 Å². The molecule has 6 rings (SSSR count). The molecule has 2 aromatic rings. The zero-order chi connectivity index (χ0) is 30.1. The quantitative estimate of drug-likeness (QED) is 0.408. The Labute approximate surface area is 251 Å². The Morgan fingerprint density at radius 3 is 2.51 bits per heavy atom. The molecule has 228 valence electrons. The number of hydrogen-bond acceptors (Lipinski definition) is 7. The van der Waals surface area contributed by atoms with Crippen LogP contribution in [0, 0.1) is 11.8 Å². The zero-order valence-electron chi connectivity index (χ0n) is 24.8. The average molecular weight is 590 g/mol. The number of nitrogens with one attached hydrogen (secondary N) is 2. The van der Waals surface area contributed by atoms with E-state index >= 15 is 0 Å². The highest BCUT2D eigenvalue weighted by Crippen LogP contribution is 2.55. The van der Waals surface area contributed by atoms with Crippen molar-refractivity contribution in [2.45, 2.75) is 62.3 Å². The van der Waals surface area contributed by atoms with Crippen molar-refractivity contribution in [3.63, 3.8) is 0 Å². The predicted molar refractivity (Wildman–Crippen MR) is 159 cm³/mol. The smallest absolute Gasteiger partial charge is 0.246 e. The van der Waals surface area contributed by atoms with Crippen molar-refractivity contribution in [1.29, 1.82) is 0 Å². The van der Waals surface area contributed by atoms with Crippen LogP contribution in [0.5, 0.6) is 17.2 Å². The Hall–Kier alpha value is -4.05. The van der Waals surface area contributed by atoms with Gasteiger partial charge in [-0.2, -0.15) is 0 Å². The van der Waals surface area contributed by atoms with Gasteiger partial charge >= 0.3 is 0 Å². The zero-order valence-corrected chi connectivity index (χ0v) is 24.8. The molecular weight excluding hydrogens is 550 g/mol. The lowest BCUT2D eigenvalue weighted by Crippen LogP contribution is -2.56. The lowest BCUT2D eigenvalue weighted by atomic mass is 9.74. The molecule has 3 heterocycles. The van der Waals surface area contributed by atoms with E-state index in [-0.39, 0.29) is 30.3 Å². The predicted octanol–water partition coefficient (Wildman–Crippen LogP) is 3.49. The molecule has 2 N–H and O–H groups in total. The molecule has 0 aromatic heterocycles. The van der Waals surface area contributed by atoms with Crippen molar-refractivity contribution < 1.29 is 33.3 Å². The summed E-state index contributed by atoms with van der Waals surface area (Å²) in [7, 11) is 4.72. The number of ether oxygens (including phenoxy) is 4. The van der Waals surface area contributed by atoms with Gasteiger partial charge in [0.15, 0.2) is 11.5 Å². The van der Waals surface area contributed by atoms with Crippen LogP contribution in [0.1, 0.15) is 37.7 Å². The molecule has 1 spiro atoms. The van der Waals surface area contributed by atoms with Crippen molar-refractivity contribution >= 4 is 23.4 Å². The summed E-state index contributed by atoms with van der Waals surface area (Å²) in [6.45, 7) is 0.279. The van der Waals surface area contributed by atoms with Crippen molar-refractivity contribution in [2.24, 2.45) is 11.8 Å². The third-order valence-corrected chi connectivity index (χ3v) is 9.30. The van der Waals surface area contributed by atoms with Crippen LogP contribution < -0.4 is 24.8 Å². The number of likely N-dealkylation sites (tertiary alicyclic amines) is 1. The summed E-state index contributed by atoms with van der Waals surface area (Å²) in [5, 5.41) is 6.18. The number of nitrogens with zero attached hydrogens (tertiary/aromatic N) is 1. The van der Waals surface area contributed by atoms with Crippen LogP contribution in [-0.4, -0.2) is 74.3 Å². The fourth-order valence-corrected chi connectivity index (χ4v) is 7.25. The summed E-state index contributed by atoms with van der Waals surface area (Å²) in [5.41, 5.74) is 0.279. The van der Waals surface area contributed by atoms with E-state index in [0.717, 1.165) is 37.7 Å². The molecule has 0 unspecified atom stereocenters. The molecular formula is C33H39N3O7. The van der Waals surface area contributed by atoms with Gasteiger partial charge in [-0.3, -0.25) is 14.4 Å². The first-order valence-electron chi connectivity index (χ1n) is 15.0. The molecule has 10 nitrogen and oxygen atoms in total. The maximum atomic E-state index is 14.3. The van der Waals surface area contributed by atoms with Crippen molar-refractivity contribution in [1.82, 2.24) is 10.2 Å². The van der Waals surface area contributed by atoms with Crippen LogP contribution in [0.15, 0.2) is 54.6 Å². The fraction of sp³-hybridized carbons (Fsp3) is 0.485. The van der Waals surface area contributed by atoms with Crippen LogP contribution in [0.25, 0.3) is 0 Å². The van der Waals surface area contributed by atoms with Gasteiger partial charge in [0, 0.05) is 24.3 Å². The van der Waals surface area contributed by atoms with Gasteiger partial charge in [-0.1, -0.05) is 43.5 Å². The van der Waals surface area contributed by atoms with Gasteiger partial charge in [0.1, 0.15) is 17.4 Å². The lowest BCUT2D eigenvalue weighted by Gasteiger charge is -2.34. The van der Waals surface area contributed by atoms with E-state index < -0.39 is 29.6 Å². The molecule has 5 atom stereocenters. The van der Waals surface area contributed by atoms with Crippen molar-refractivity contribution in [2.75, 3.05) is 33.2 Å². The van der Waals surface area contributed by atoms with Crippen LogP contribution >= 0.6 is 0 Å². The first kappa shape index (κ1) is 29.0. The standard InChI is InChI=1S/C33H39N3O7/c1-40-23-11-7-10-22(19-23)35-30(37)27-25-14-16-33(43-25)28(27)32(39)36(29(33)31(38)34-21-8-5-4-6-9-21)17-15-20-12-13-24(41-2)26(18-20)42-3/h7,10-14,16,18-19,21,25,27-29H,4-6,8-9,15,17H2,1-3H3,(H,34,38)(H,35,37)/t25-,27+,28-,29-,33-/m0/s1. The highest BCUT2D eigenvalue weighted by molar-refractivity contribution is 6.02. The number of fused-ring (bicyclic) bond motifs is 1. The second kappa shape index (κ2) is 11.9.